The molecular weight excluding hydrogens is 248 g/mol. The Morgan fingerprint density at radius 1 is 1.35 bits per heavy atom. The Labute approximate surface area is 120 Å². The van der Waals surface area contributed by atoms with E-state index in [2.05, 4.69) is 35.3 Å². The number of fused-ring (bicyclic) bond motifs is 1. The van der Waals surface area contributed by atoms with E-state index in [4.69, 9.17) is 4.42 Å². The minimum absolute atomic E-state index is 0.806. The van der Waals surface area contributed by atoms with E-state index in [-0.39, 0.29) is 0 Å². The highest BCUT2D eigenvalue weighted by molar-refractivity contribution is 5.82. The molecule has 3 rings (SSSR count). The second kappa shape index (κ2) is 5.98. The third-order valence-electron chi connectivity index (χ3n) is 4.24. The molecule has 0 aliphatic carbocycles. The largest absolute Gasteiger partial charge is 0.459 e. The molecular formula is C17H24N2O. The highest BCUT2D eigenvalue weighted by Crippen LogP contribution is 2.28. The summed E-state index contributed by atoms with van der Waals surface area (Å²) in [6.07, 6.45) is 2.67. The van der Waals surface area contributed by atoms with Crippen LogP contribution in [0.1, 0.15) is 31.1 Å². The van der Waals surface area contributed by atoms with E-state index < -0.39 is 0 Å². The molecule has 0 radical (unpaired) electrons. The molecule has 0 amide bonds. The normalized spacial score (nSPS) is 20.6. The molecule has 0 saturated carbocycles. The fraction of sp³-hybridized carbons (Fsp3) is 0.529. The van der Waals surface area contributed by atoms with Crippen LogP contribution in [0.25, 0.3) is 11.0 Å². The van der Waals surface area contributed by atoms with Crippen molar-refractivity contribution < 1.29 is 4.42 Å². The van der Waals surface area contributed by atoms with Crippen LogP contribution in [0.2, 0.25) is 0 Å². The van der Waals surface area contributed by atoms with E-state index in [0.29, 0.717) is 0 Å². The lowest BCUT2D eigenvalue weighted by molar-refractivity contribution is 0.166. The topological polar surface area (TPSA) is 28.4 Å². The molecule has 1 aromatic carbocycles. The maximum Gasteiger partial charge on any atom is 0.134 e. The van der Waals surface area contributed by atoms with Gasteiger partial charge in [-0.3, -0.25) is 4.90 Å². The van der Waals surface area contributed by atoms with Gasteiger partial charge in [-0.2, -0.15) is 0 Å². The van der Waals surface area contributed by atoms with Crippen LogP contribution in [0.4, 0.5) is 0 Å². The summed E-state index contributed by atoms with van der Waals surface area (Å²) < 4.78 is 6.11. The summed E-state index contributed by atoms with van der Waals surface area (Å²) in [5, 5.41) is 4.52. The molecule has 1 N–H and O–H groups in total. The molecule has 1 aromatic heterocycles. The molecule has 0 spiro atoms. The molecule has 1 unspecified atom stereocenters. The summed E-state index contributed by atoms with van der Waals surface area (Å²) in [5.41, 5.74) is 2.33. The van der Waals surface area contributed by atoms with Crippen molar-refractivity contribution >= 4 is 11.0 Å². The van der Waals surface area contributed by atoms with Gasteiger partial charge in [0.05, 0.1) is 6.54 Å². The van der Waals surface area contributed by atoms with Gasteiger partial charge in [0.15, 0.2) is 0 Å². The van der Waals surface area contributed by atoms with Gasteiger partial charge >= 0.3 is 0 Å². The molecule has 3 nitrogen and oxygen atoms in total. The molecule has 2 aromatic rings. The standard InChI is InChI=1S/C17H24N2O/c1-13-6-5-9-19(11-13)12-17-15(10-18-2)14-7-3-4-8-16(14)20-17/h3-4,7-8,13,18H,5-6,9-12H2,1-2H3. The predicted octanol–water partition coefficient (Wildman–Crippen LogP) is 3.38. The Balaban J connectivity index is 1.87. The quantitative estimate of drug-likeness (QED) is 0.925. The third-order valence-corrected chi connectivity index (χ3v) is 4.24. The van der Waals surface area contributed by atoms with Crippen LogP contribution in [-0.4, -0.2) is 25.0 Å². The number of rotatable bonds is 4. The van der Waals surface area contributed by atoms with E-state index >= 15 is 0 Å². The van der Waals surface area contributed by atoms with E-state index in [9.17, 15) is 0 Å². The average Bonchev–Trinajstić information content (AvgIpc) is 2.77. The lowest BCUT2D eigenvalue weighted by atomic mass is 10.00. The highest BCUT2D eigenvalue weighted by Gasteiger charge is 2.20. The first-order valence-electron chi connectivity index (χ1n) is 7.64. The van der Waals surface area contributed by atoms with Gasteiger partial charge in [-0.25, -0.2) is 0 Å². The molecule has 1 fully saturated rings. The van der Waals surface area contributed by atoms with Gasteiger partial charge in [0, 0.05) is 24.0 Å². The third kappa shape index (κ3) is 2.74. The van der Waals surface area contributed by atoms with Crippen molar-refractivity contribution in [2.45, 2.75) is 32.9 Å². The maximum atomic E-state index is 6.11. The number of piperidine rings is 1. The van der Waals surface area contributed by atoms with Crippen molar-refractivity contribution in [3.8, 4) is 0 Å². The van der Waals surface area contributed by atoms with E-state index in [1.54, 1.807) is 0 Å². The minimum atomic E-state index is 0.806. The van der Waals surface area contributed by atoms with Crippen LogP contribution in [-0.2, 0) is 13.1 Å². The van der Waals surface area contributed by atoms with E-state index in [1.807, 2.05) is 13.1 Å². The number of likely N-dealkylation sites (tertiary alicyclic amines) is 1. The summed E-state index contributed by atoms with van der Waals surface area (Å²) in [6, 6.07) is 8.36. The lowest BCUT2D eigenvalue weighted by Gasteiger charge is -2.30. The first kappa shape index (κ1) is 13.7. The van der Waals surface area contributed by atoms with Gasteiger partial charge in [0.2, 0.25) is 0 Å². The van der Waals surface area contributed by atoms with Crippen molar-refractivity contribution in [3.63, 3.8) is 0 Å². The average molecular weight is 272 g/mol. The Morgan fingerprint density at radius 3 is 3.00 bits per heavy atom. The summed E-state index contributed by atoms with van der Waals surface area (Å²) in [4.78, 5) is 2.53. The molecule has 0 bridgehead atoms. The Bertz CT molecular complexity index is 575. The molecule has 108 valence electrons. The number of para-hydroxylation sites is 1. The van der Waals surface area contributed by atoms with Crippen molar-refractivity contribution in [2.24, 2.45) is 5.92 Å². The molecule has 1 saturated heterocycles. The SMILES string of the molecule is CNCc1c(CN2CCCC(C)C2)oc2ccccc12. The predicted molar refractivity (Wildman–Crippen MR) is 82.7 cm³/mol. The summed E-state index contributed by atoms with van der Waals surface area (Å²) in [6.45, 7) is 6.54. The van der Waals surface area contributed by atoms with Crippen molar-refractivity contribution in [3.05, 3.63) is 35.6 Å². The van der Waals surface area contributed by atoms with E-state index in [0.717, 1.165) is 30.4 Å². The molecule has 1 atom stereocenters. The van der Waals surface area contributed by atoms with Gasteiger partial charge < -0.3 is 9.73 Å². The second-order valence-corrected chi connectivity index (χ2v) is 6.01. The fourth-order valence-corrected chi connectivity index (χ4v) is 3.28. The summed E-state index contributed by atoms with van der Waals surface area (Å²) >= 11 is 0. The molecule has 20 heavy (non-hydrogen) atoms. The van der Waals surface area contributed by atoms with Gasteiger partial charge in [0.1, 0.15) is 11.3 Å². The number of benzene rings is 1. The zero-order valence-corrected chi connectivity index (χ0v) is 12.5. The Morgan fingerprint density at radius 2 is 2.20 bits per heavy atom. The van der Waals surface area contributed by atoms with Crippen LogP contribution in [0.15, 0.2) is 28.7 Å². The molecule has 3 heteroatoms. The maximum absolute atomic E-state index is 6.11. The van der Waals surface area contributed by atoms with Crippen LogP contribution in [0.5, 0.6) is 0 Å². The highest BCUT2D eigenvalue weighted by atomic mass is 16.3. The monoisotopic (exact) mass is 272 g/mol. The number of hydrogen-bond acceptors (Lipinski definition) is 3. The zero-order chi connectivity index (χ0) is 13.9. The summed E-state index contributed by atoms with van der Waals surface area (Å²) in [5.74, 6) is 1.94. The van der Waals surface area contributed by atoms with E-state index in [1.165, 1.54) is 36.9 Å². The van der Waals surface area contributed by atoms with Crippen LogP contribution in [0.3, 0.4) is 0 Å². The number of hydrogen-bond donors (Lipinski definition) is 1. The molecule has 1 aliphatic rings. The minimum Gasteiger partial charge on any atom is -0.459 e. The molecule has 2 heterocycles. The van der Waals surface area contributed by atoms with Crippen molar-refractivity contribution in [1.82, 2.24) is 10.2 Å². The van der Waals surface area contributed by atoms with Crippen LogP contribution in [0, 0.1) is 5.92 Å². The van der Waals surface area contributed by atoms with Crippen LogP contribution < -0.4 is 5.32 Å². The van der Waals surface area contributed by atoms with Crippen LogP contribution >= 0.6 is 0 Å². The number of furan rings is 1. The first-order valence-corrected chi connectivity index (χ1v) is 7.64. The number of nitrogens with zero attached hydrogens (tertiary/aromatic N) is 1. The van der Waals surface area contributed by atoms with Crippen molar-refractivity contribution in [1.29, 1.82) is 0 Å². The second-order valence-electron chi connectivity index (χ2n) is 6.01. The van der Waals surface area contributed by atoms with Gasteiger partial charge in [-0.15, -0.1) is 0 Å². The fourth-order valence-electron chi connectivity index (χ4n) is 3.28. The Hall–Kier alpha value is -1.32. The first-order chi connectivity index (χ1) is 9.78. The summed E-state index contributed by atoms with van der Waals surface area (Å²) in [7, 11) is 1.99. The smallest absolute Gasteiger partial charge is 0.134 e. The lowest BCUT2D eigenvalue weighted by Crippen LogP contribution is -2.33. The van der Waals surface area contributed by atoms with Gasteiger partial charge in [-0.05, 0) is 38.4 Å². The number of nitrogens with one attached hydrogen (secondary N) is 1. The van der Waals surface area contributed by atoms with Crippen molar-refractivity contribution in [2.75, 3.05) is 20.1 Å². The van der Waals surface area contributed by atoms with Gasteiger partial charge in [-0.1, -0.05) is 25.1 Å². The van der Waals surface area contributed by atoms with Gasteiger partial charge in [0.25, 0.3) is 0 Å². The zero-order valence-electron chi connectivity index (χ0n) is 12.5. The molecule has 1 aliphatic heterocycles. The Kier molecular flexibility index (Phi) is 4.08.